The highest BCUT2D eigenvalue weighted by Gasteiger charge is 2.29. The Bertz CT molecular complexity index is 505. The number of pyridine rings is 1. The van der Waals surface area contributed by atoms with Crippen molar-refractivity contribution in [3.05, 3.63) is 23.9 Å². The van der Waals surface area contributed by atoms with Gasteiger partial charge in [-0.2, -0.15) is 13.2 Å². The zero-order chi connectivity index (χ0) is 16.2. The maximum Gasteiger partial charge on any atom is 0.422 e. The first-order chi connectivity index (χ1) is 10.4. The first kappa shape index (κ1) is 16.5. The van der Waals surface area contributed by atoms with E-state index in [9.17, 15) is 18.0 Å². The van der Waals surface area contributed by atoms with Crippen LogP contribution in [0.1, 0.15) is 23.7 Å². The van der Waals surface area contributed by atoms with Crippen molar-refractivity contribution in [2.75, 3.05) is 26.3 Å². The minimum Gasteiger partial charge on any atom is -0.468 e. The minimum atomic E-state index is -4.42. The van der Waals surface area contributed by atoms with Crippen molar-refractivity contribution in [2.45, 2.75) is 25.6 Å². The molecular weight excluding hydrogens is 301 g/mol. The Morgan fingerprint density at radius 3 is 2.86 bits per heavy atom. The molecule has 0 saturated carbocycles. The second kappa shape index (κ2) is 6.95. The zero-order valence-electron chi connectivity index (χ0n) is 12.1. The van der Waals surface area contributed by atoms with Crippen LogP contribution in [0.2, 0.25) is 0 Å². The molecule has 2 heterocycles. The van der Waals surface area contributed by atoms with Gasteiger partial charge in [-0.1, -0.05) is 6.92 Å². The molecule has 0 aromatic carbocycles. The molecule has 22 heavy (non-hydrogen) atoms. The summed E-state index contributed by atoms with van der Waals surface area (Å²) >= 11 is 0. The van der Waals surface area contributed by atoms with Crippen molar-refractivity contribution >= 4 is 5.91 Å². The Balaban J connectivity index is 1.96. The van der Waals surface area contributed by atoms with Crippen molar-refractivity contribution in [2.24, 2.45) is 0 Å². The predicted octanol–water partition coefficient (Wildman–Crippen LogP) is 2.27. The second-order valence-corrected chi connectivity index (χ2v) is 4.94. The molecule has 5 nitrogen and oxygen atoms in total. The van der Waals surface area contributed by atoms with Gasteiger partial charge in [-0.25, -0.2) is 4.98 Å². The van der Waals surface area contributed by atoms with E-state index in [1.165, 1.54) is 18.3 Å². The number of alkyl halides is 3. The number of amides is 1. The minimum absolute atomic E-state index is 0.0139. The number of morpholine rings is 1. The molecule has 1 saturated heterocycles. The van der Waals surface area contributed by atoms with Gasteiger partial charge in [0.1, 0.15) is 0 Å². The molecule has 1 atom stereocenters. The summed E-state index contributed by atoms with van der Waals surface area (Å²) in [6, 6.07) is 2.67. The number of carbonyl (C=O) groups excluding carboxylic acids is 1. The van der Waals surface area contributed by atoms with Crippen LogP contribution in [-0.2, 0) is 4.74 Å². The summed E-state index contributed by atoms with van der Waals surface area (Å²) in [7, 11) is 0. The van der Waals surface area contributed by atoms with E-state index < -0.39 is 12.8 Å². The first-order valence-electron chi connectivity index (χ1n) is 6.95. The van der Waals surface area contributed by atoms with Crippen LogP contribution in [0.15, 0.2) is 18.3 Å². The van der Waals surface area contributed by atoms with Crippen LogP contribution in [-0.4, -0.2) is 54.4 Å². The third-order valence-corrected chi connectivity index (χ3v) is 3.25. The van der Waals surface area contributed by atoms with E-state index in [2.05, 4.69) is 9.72 Å². The monoisotopic (exact) mass is 318 g/mol. The maximum atomic E-state index is 12.3. The van der Waals surface area contributed by atoms with Gasteiger partial charge in [0.2, 0.25) is 5.88 Å². The highest BCUT2D eigenvalue weighted by atomic mass is 19.4. The van der Waals surface area contributed by atoms with Crippen molar-refractivity contribution in [1.82, 2.24) is 9.88 Å². The van der Waals surface area contributed by atoms with E-state index in [1.54, 1.807) is 4.90 Å². The fraction of sp³-hybridized carbons (Fsp3) is 0.571. The van der Waals surface area contributed by atoms with Crippen LogP contribution in [0.5, 0.6) is 5.88 Å². The third kappa shape index (κ3) is 4.59. The van der Waals surface area contributed by atoms with Gasteiger partial charge in [-0.3, -0.25) is 4.79 Å². The van der Waals surface area contributed by atoms with Crippen LogP contribution >= 0.6 is 0 Å². The van der Waals surface area contributed by atoms with Crippen LogP contribution in [0.3, 0.4) is 0 Å². The fourth-order valence-electron chi connectivity index (χ4n) is 2.08. The Hall–Kier alpha value is -1.83. The molecule has 1 aliphatic heterocycles. The summed E-state index contributed by atoms with van der Waals surface area (Å²) < 4.78 is 46.1. The molecule has 2 rings (SSSR count). The normalized spacial score (nSPS) is 19.1. The SMILES string of the molecule is CC[C@@H]1CN(C(=O)c2ccc(OCC(F)(F)F)nc2)CCO1. The second-order valence-electron chi connectivity index (χ2n) is 4.94. The summed E-state index contributed by atoms with van der Waals surface area (Å²) in [5, 5.41) is 0. The van der Waals surface area contributed by atoms with Gasteiger partial charge in [0.15, 0.2) is 6.61 Å². The number of aromatic nitrogens is 1. The quantitative estimate of drug-likeness (QED) is 0.854. The molecule has 0 N–H and O–H groups in total. The number of ether oxygens (including phenoxy) is 2. The molecule has 0 radical (unpaired) electrons. The molecule has 1 aliphatic rings. The van der Waals surface area contributed by atoms with Crippen molar-refractivity contribution in [3.8, 4) is 5.88 Å². The topological polar surface area (TPSA) is 51.7 Å². The summed E-state index contributed by atoms with van der Waals surface area (Å²) in [5.74, 6) is -0.376. The highest BCUT2D eigenvalue weighted by Crippen LogP contribution is 2.18. The molecular formula is C14H17F3N2O3. The smallest absolute Gasteiger partial charge is 0.422 e. The average Bonchev–Trinajstić information content (AvgIpc) is 2.52. The lowest BCUT2D eigenvalue weighted by Crippen LogP contribution is -2.45. The number of hydrogen-bond acceptors (Lipinski definition) is 4. The zero-order valence-corrected chi connectivity index (χ0v) is 12.1. The molecule has 0 unspecified atom stereocenters. The van der Waals surface area contributed by atoms with Crippen LogP contribution < -0.4 is 4.74 Å². The van der Waals surface area contributed by atoms with Gasteiger partial charge in [0.05, 0.1) is 18.3 Å². The van der Waals surface area contributed by atoms with Crippen LogP contribution in [0.25, 0.3) is 0 Å². The Morgan fingerprint density at radius 2 is 2.27 bits per heavy atom. The number of carbonyl (C=O) groups is 1. The summed E-state index contributed by atoms with van der Waals surface area (Å²) in [4.78, 5) is 17.7. The van der Waals surface area contributed by atoms with E-state index in [0.717, 1.165) is 6.42 Å². The van der Waals surface area contributed by atoms with Crippen molar-refractivity contribution in [3.63, 3.8) is 0 Å². The number of nitrogens with zero attached hydrogens (tertiary/aromatic N) is 2. The Labute approximate surface area is 126 Å². The lowest BCUT2D eigenvalue weighted by atomic mass is 10.2. The average molecular weight is 318 g/mol. The lowest BCUT2D eigenvalue weighted by Gasteiger charge is -2.32. The number of hydrogen-bond donors (Lipinski definition) is 0. The van der Waals surface area contributed by atoms with E-state index in [-0.39, 0.29) is 17.9 Å². The van der Waals surface area contributed by atoms with E-state index in [4.69, 9.17) is 4.74 Å². The van der Waals surface area contributed by atoms with Crippen molar-refractivity contribution < 1.29 is 27.4 Å². The van der Waals surface area contributed by atoms with E-state index in [0.29, 0.717) is 25.3 Å². The summed E-state index contributed by atoms with van der Waals surface area (Å²) in [5.41, 5.74) is 0.316. The van der Waals surface area contributed by atoms with E-state index in [1.807, 2.05) is 6.92 Å². The van der Waals surface area contributed by atoms with Crippen LogP contribution in [0, 0.1) is 0 Å². The predicted molar refractivity (Wildman–Crippen MR) is 71.7 cm³/mol. The lowest BCUT2D eigenvalue weighted by molar-refractivity contribution is -0.154. The maximum absolute atomic E-state index is 12.3. The summed E-state index contributed by atoms with van der Waals surface area (Å²) in [6.45, 7) is 2.04. The number of halogens is 3. The van der Waals surface area contributed by atoms with Gasteiger partial charge < -0.3 is 14.4 Å². The molecule has 0 bridgehead atoms. The fourth-order valence-corrected chi connectivity index (χ4v) is 2.08. The van der Waals surface area contributed by atoms with E-state index >= 15 is 0 Å². The molecule has 1 aromatic heterocycles. The molecule has 122 valence electrons. The highest BCUT2D eigenvalue weighted by molar-refractivity contribution is 5.94. The molecule has 1 fully saturated rings. The van der Waals surface area contributed by atoms with Gasteiger partial charge in [-0.05, 0) is 12.5 Å². The molecule has 8 heteroatoms. The Kier molecular flexibility index (Phi) is 5.23. The number of rotatable bonds is 4. The molecule has 0 aliphatic carbocycles. The molecule has 1 amide bonds. The van der Waals surface area contributed by atoms with Crippen LogP contribution in [0.4, 0.5) is 13.2 Å². The molecule has 1 aromatic rings. The van der Waals surface area contributed by atoms with Gasteiger partial charge in [-0.15, -0.1) is 0 Å². The van der Waals surface area contributed by atoms with Crippen molar-refractivity contribution in [1.29, 1.82) is 0 Å². The van der Waals surface area contributed by atoms with Gasteiger partial charge >= 0.3 is 6.18 Å². The third-order valence-electron chi connectivity index (χ3n) is 3.25. The van der Waals surface area contributed by atoms with Gasteiger partial charge in [0, 0.05) is 25.4 Å². The largest absolute Gasteiger partial charge is 0.468 e. The summed E-state index contributed by atoms with van der Waals surface area (Å²) in [6.07, 6.45) is -2.37. The van der Waals surface area contributed by atoms with Gasteiger partial charge in [0.25, 0.3) is 5.91 Å². The standard InChI is InChI=1S/C14H17F3N2O3/c1-2-11-8-19(5-6-21-11)13(20)10-3-4-12(18-7-10)22-9-14(15,16)17/h3-4,7,11H,2,5-6,8-9H2,1H3/t11-/m1/s1. The Morgan fingerprint density at radius 1 is 1.50 bits per heavy atom. The first-order valence-corrected chi connectivity index (χ1v) is 6.95. The molecule has 0 spiro atoms.